The number of hydrogen-bond donors (Lipinski definition) is 3. The molecule has 0 aromatic heterocycles. The maximum atomic E-state index is 13.2. The van der Waals surface area contributed by atoms with Gasteiger partial charge in [-0.1, -0.05) is 47.5 Å². The number of nitrogens with zero attached hydrogens (tertiary/aromatic N) is 1. The van der Waals surface area contributed by atoms with Crippen LogP contribution in [0.4, 0.5) is 0 Å². The van der Waals surface area contributed by atoms with Crippen LogP contribution in [-0.4, -0.2) is 53.1 Å². The second kappa shape index (κ2) is 8.11. The number of nitrogens with one attached hydrogen (secondary N) is 1. The third-order valence-corrected chi connectivity index (χ3v) is 7.10. The molecule has 2 saturated carbocycles. The van der Waals surface area contributed by atoms with E-state index in [-0.39, 0.29) is 35.6 Å². The minimum absolute atomic E-state index is 0. The van der Waals surface area contributed by atoms with Crippen LogP contribution in [0, 0.1) is 28.6 Å². The van der Waals surface area contributed by atoms with E-state index in [1.807, 2.05) is 20.8 Å². The summed E-state index contributed by atoms with van der Waals surface area (Å²) in [4.78, 5) is 51.6. The summed E-state index contributed by atoms with van der Waals surface area (Å²) in [7, 11) is 0. The number of carbonyl (C=O) groups is 4. The van der Waals surface area contributed by atoms with E-state index < -0.39 is 41.1 Å². The van der Waals surface area contributed by atoms with Gasteiger partial charge in [-0.2, -0.15) is 0 Å². The molecule has 5 atom stereocenters. The van der Waals surface area contributed by atoms with Gasteiger partial charge in [-0.25, -0.2) is 0 Å². The fraction of sp³-hybridized carbons (Fsp3) is 0.810. The van der Waals surface area contributed by atoms with Gasteiger partial charge in [0.2, 0.25) is 17.6 Å². The van der Waals surface area contributed by atoms with Crippen LogP contribution in [0.2, 0.25) is 0 Å². The lowest BCUT2D eigenvalue weighted by atomic mass is 9.86. The fourth-order valence-electron chi connectivity index (χ4n) is 4.71. The Balaban J connectivity index is 0.00000320. The van der Waals surface area contributed by atoms with Crippen molar-refractivity contribution in [1.82, 2.24) is 10.2 Å². The number of Topliss-reactive ketones (excluding diaryl/α,β-unsaturated/α-hetero) is 1. The van der Waals surface area contributed by atoms with E-state index in [0.29, 0.717) is 18.9 Å². The van der Waals surface area contributed by atoms with Gasteiger partial charge in [-0.15, -0.1) is 12.4 Å². The van der Waals surface area contributed by atoms with Crippen LogP contribution < -0.4 is 16.8 Å². The summed E-state index contributed by atoms with van der Waals surface area (Å²) in [5.74, 6) is -1.90. The molecule has 5 N–H and O–H groups in total. The monoisotopic (exact) mass is 442 g/mol. The zero-order valence-electron chi connectivity index (χ0n) is 18.4. The van der Waals surface area contributed by atoms with Crippen molar-refractivity contribution in [1.29, 1.82) is 0 Å². The number of amides is 3. The van der Waals surface area contributed by atoms with E-state index in [1.54, 1.807) is 4.90 Å². The second-order valence-electron chi connectivity index (χ2n) is 10.7. The lowest BCUT2D eigenvalue weighted by Gasteiger charge is -2.36. The van der Waals surface area contributed by atoms with Crippen molar-refractivity contribution >= 4 is 35.9 Å². The number of ketones is 1. The summed E-state index contributed by atoms with van der Waals surface area (Å²) in [6.07, 6.45) is 2.36. The van der Waals surface area contributed by atoms with Crippen LogP contribution in [0.25, 0.3) is 0 Å². The second-order valence-corrected chi connectivity index (χ2v) is 10.7. The standard InChI is InChI=1S/C21H34N4O4.ClH/c1-20(2,3)16(22)19(29)25-9-11-13(21(11,4)5)14(25)18(28)24-12(8-10-6-7-10)15(26)17(23)27;/h10-14,16H,6-9,22H2,1-5H3,(H2,23,27)(H,24,28);1H/t11-,12?,13-,14-,16+;/m0./s1. The van der Waals surface area contributed by atoms with E-state index in [4.69, 9.17) is 11.5 Å². The number of piperidine rings is 1. The third kappa shape index (κ3) is 4.49. The van der Waals surface area contributed by atoms with Crippen molar-refractivity contribution in [3.05, 3.63) is 0 Å². The Labute approximate surface area is 184 Å². The Morgan fingerprint density at radius 3 is 2.20 bits per heavy atom. The zero-order valence-corrected chi connectivity index (χ0v) is 19.3. The van der Waals surface area contributed by atoms with Crippen LogP contribution in [0.15, 0.2) is 0 Å². The maximum absolute atomic E-state index is 13.2. The highest BCUT2D eigenvalue weighted by Gasteiger charge is 2.69. The predicted molar refractivity (Wildman–Crippen MR) is 114 cm³/mol. The SMILES string of the molecule is CC(C)(C)[C@H](N)C(=O)N1C[C@H]2[C@@H]([C@H]1C(=O)NC(CC1CC1)C(=O)C(N)=O)C2(C)C.Cl. The average molecular weight is 443 g/mol. The average Bonchev–Trinajstić information content (AvgIpc) is 3.45. The van der Waals surface area contributed by atoms with Crippen LogP contribution in [0.5, 0.6) is 0 Å². The largest absolute Gasteiger partial charge is 0.363 e. The Morgan fingerprint density at radius 1 is 1.17 bits per heavy atom. The van der Waals surface area contributed by atoms with Gasteiger partial charge >= 0.3 is 0 Å². The zero-order chi connectivity index (χ0) is 21.9. The van der Waals surface area contributed by atoms with Crippen LogP contribution in [-0.2, 0) is 19.2 Å². The number of fused-ring (bicyclic) bond motifs is 1. The molecule has 8 nitrogen and oxygen atoms in total. The quantitative estimate of drug-likeness (QED) is 0.496. The van der Waals surface area contributed by atoms with Gasteiger partial charge < -0.3 is 21.7 Å². The number of likely N-dealkylation sites (tertiary alicyclic amines) is 1. The van der Waals surface area contributed by atoms with E-state index in [9.17, 15) is 19.2 Å². The Hall–Kier alpha value is -1.67. The highest BCUT2D eigenvalue weighted by atomic mass is 35.5. The predicted octanol–water partition coefficient (Wildman–Crippen LogP) is 0.604. The summed E-state index contributed by atoms with van der Waals surface area (Å²) in [6, 6.07) is -2.34. The fourth-order valence-corrected chi connectivity index (χ4v) is 4.71. The molecule has 0 aromatic carbocycles. The molecule has 1 aliphatic heterocycles. The van der Waals surface area contributed by atoms with E-state index in [2.05, 4.69) is 19.2 Å². The van der Waals surface area contributed by atoms with E-state index in [1.165, 1.54) is 0 Å². The molecule has 3 fully saturated rings. The number of halogens is 1. The molecule has 3 rings (SSSR count). The maximum Gasteiger partial charge on any atom is 0.287 e. The van der Waals surface area contributed by atoms with E-state index >= 15 is 0 Å². The summed E-state index contributed by atoms with van der Waals surface area (Å²) in [5.41, 5.74) is 10.9. The highest BCUT2D eigenvalue weighted by molar-refractivity contribution is 6.37. The minimum Gasteiger partial charge on any atom is -0.363 e. The first kappa shape index (κ1) is 24.6. The minimum atomic E-state index is -1.05. The number of hydrogen-bond acceptors (Lipinski definition) is 5. The van der Waals surface area contributed by atoms with Crippen molar-refractivity contribution < 1.29 is 19.2 Å². The summed E-state index contributed by atoms with van der Waals surface area (Å²) in [6.45, 7) is 10.3. The number of carbonyl (C=O) groups excluding carboxylic acids is 4. The molecule has 9 heteroatoms. The molecule has 1 saturated heterocycles. The van der Waals surface area contributed by atoms with Crippen molar-refractivity contribution in [3.8, 4) is 0 Å². The number of nitrogens with two attached hydrogens (primary N) is 2. The van der Waals surface area contributed by atoms with Gasteiger partial charge in [0.05, 0.1) is 12.1 Å². The van der Waals surface area contributed by atoms with Crippen molar-refractivity contribution in [2.75, 3.05) is 6.54 Å². The molecule has 0 radical (unpaired) electrons. The van der Waals surface area contributed by atoms with Crippen LogP contribution in [0.3, 0.4) is 0 Å². The molecular formula is C21H35ClN4O4. The topological polar surface area (TPSA) is 136 Å². The first-order valence-corrected chi connectivity index (χ1v) is 10.5. The molecule has 1 heterocycles. The molecule has 0 bridgehead atoms. The number of primary amides is 1. The molecule has 3 aliphatic rings. The Kier molecular flexibility index (Phi) is 6.65. The molecule has 170 valence electrons. The van der Waals surface area contributed by atoms with Crippen LogP contribution >= 0.6 is 12.4 Å². The smallest absolute Gasteiger partial charge is 0.287 e. The summed E-state index contributed by atoms with van der Waals surface area (Å²) in [5, 5.41) is 2.74. The van der Waals surface area contributed by atoms with Crippen molar-refractivity contribution in [2.45, 2.75) is 72.0 Å². The molecule has 2 aliphatic carbocycles. The summed E-state index contributed by atoms with van der Waals surface area (Å²) < 4.78 is 0. The third-order valence-electron chi connectivity index (χ3n) is 7.10. The van der Waals surface area contributed by atoms with Crippen molar-refractivity contribution in [2.24, 2.45) is 40.1 Å². The number of rotatable bonds is 7. The van der Waals surface area contributed by atoms with Gasteiger partial charge in [0, 0.05) is 6.54 Å². The highest BCUT2D eigenvalue weighted by Crippen LogP contribution is 2.65. The van der Waals surface area contributed by atoms with E-state index in [0.717, 1.165) is 12.8 Å². The molecule has 0 spiro atoms. The van der Waals surface area contributed by atoms with Gasteiger partial charge in [0.15, 0.2) is 0 Å². The molecule has 1 unspecified atom stereocenters. The van der Waals surface area contributed by atoms with Crippen LogP contribution in [0.1, 0.15) is 53.9 Å². The molecule has 30 heavy (non-hydrogen) atoms. The normalized spacial score (nSPS) is 28.6. The molecular weight excluding hydrogens is 408 g/mol. The van der Waals surface area contributed by atoms with Gasteiger partial charge in [-0.3, -0.25) is 19.2 Å². The lowest BCUT2D eigenvalue weighted by molar-refractivity contribution is -0.144. The van der Waals surface area contributed by atoms with Gasteiger partial charge in [0.1, 0.15) is 6.04 Å². The van der Waals surface area contributed by atoms with Gasteiger partial charge in [0.25, 0.3) is 5.91 Å². The van der Waals surface area contributed by atoms with Gasteiger partial charge in [-0.05, 0) is 35.0 Å². The molecule has 3 amide bonds. The Morgan fingerprint density at radius 2 is 1.73 bits per heavy atom. The molecule has 0 aromatic rings. The first-order valence-electron chi connectivity index (χ1n) is 10.5. The van der Waals surface area contributed by atoms with Crippen molar-refractivity contribution in [3.63, 3.8) is 0 Å². The first-order chi connectivity index (χ1) is 13.3. The summed E-state index contributed by atoms with van der Waals surface area (Å²) >= 11 is 0. The Bertz CT molecular complexity index is 744. The lowest BCUT2D eigenvalue weighted by Crippen LogP contribution is -2.59.